The van der Waals surface area contributed by atoms with E-state index >= 15 is 0 Å². The zero-order chi connectivity index (χ0) is 16.9. The number of rotatable bonds is 4. The number of hydrogen-bond acceptors (Lipinski definition) is 4. The molecule has 2 saturated heterocycles. The second kappa shape index (κ2) is 7.51. The van der Waals surface area contributed by atoms with E-state index in [4.69, 9.17) is 5.11 Å². The van der Waals surface area contributed by atoms with Crippen molar-refractivity contribution in [2.75, 3.05) is 31.1 Å². The second-order valence-electron chi connectivity index (χ2n) is 6.50. The van der Waals surface area contributed by atoms with Crippen molar-refractivity contribution in [2.45, 2.75) is 32.2 Å². The van der Waals surface area contributed by atoms with E-state index in [1.54, 1.807) is 11.1 Å². The normalized spacial score (nSPS) is 20.9. The Kier molecular flexibility index (Phi) is 5.17. The number of aliphatic carboxylic acids is 1. The highest BCUT2D eigenvalue weighted by molar-refractivity contribution is 5.76. The molecule has 7 heteroatoms. The molecule has 0 radical (unpaired) electrons. The van der Waals surface area contributed by atoms with Crippen LogP contribution in [0.15, 0.2) is 18.3 Å². The van der Waals surface area contributed by atoms with E-state index in [9.17, 15) is 9.59 Å². The van der Waals surface area contributed by atoms with E-state index in [2.05, 4.69) is 15.2 Å². The SMILES string of the molecule is O=C(O)C1CCCN(C(=O)NCc2ccc(N3CCCC3)nc2)C1. The number of anilines is 1. The van der Waals surface area contributed by atoms with Crippen molar-refractivity contribution < 1.29 is 14.7 Å². The molecule has 1 unspecified atom stereocenters. The molecule has 1 aromatic rings. The molecule has 0 spiro atoms. The standard InChI is InChI=1S/C17H24N4O3/c22-16(23)14-4-3-9-21(12-14)17(24)19-11-13-5-6-15(18-10-13)20-7-1-2-8-20/h5-6,10,14H,1-4,7-9,11-12H2,(H,19,24)(H,22,23). The van der Waals surface area contributed by atoms with Gasteiger partial charge in [-0.25, -0.2) is 9.78 Å². The Bertz CT molecular complexity index is 584. The lowest BCUT2D eigenvalue weighted by atomic mass is 9.99. The molecule has 0 saturated carbocycles. The number of nitrogens with one attached hydrogen (secondary N) is 1. The van der Waals surface area contributed by atoms with Gasteiger partial charge in [0.1, 0.15) is 5.82 Å². The third kappa shape index (κ3) is 3.96. The Labute approximate surface area is 141 Å². The summed E-state index contributed by atoms with van der Waals surface area (Å²) in [5, 5.41) is 11.9. The van der Waals surface area contributed by atoms with Gasteiger partial charge in [0.05, 0.1) is 5.92 Å². The van der Waals surface area contributed by atoms with Gasteiger partial charge >= 0.3 is 12.0 Å². The number of carbonyl (C=O) groups excluding carboxylic acids is 1. The average molecular weight is 332 g/mol. The first kappa shape index (κ1) is 16.5. The zero-order valence-electron chi connectivity index (χ0n) is 13.8. The third-order valence-corrected chi connectivity index (χ3v) is 4.74. The summed E-state index contributed by atoms with van der Waals surface area (Å²) < 4.78 is 0. The summed E-state index contributed by atoms with van der Waals surface area (Å²) >= 11 is 0. The van der Waals surface area contributed by atoms with Crippen LogP contribution in [0.25, 0.3) is 0 Å². The van der Waals surface area contributed by atoms with Crippen LogP contribution >= 0.6 is 0 Å². The summed E-state index contributed by atoms with van der Waals surface area (Å²) in [6.07, 6.45) is 5.60. The fourth-order valence-corrected chi connectivity index (χ4v) is 3.31. The van der Waals surface area contributed by atoms with Gasteiger partial charge in [-0.2, -0.15) is 0 Å². The number of likely N-dealkylation sites (tertiary alicyclic amines) is 1. The van der Waals surface area contributed by atoms with Gasteiger partial charge in [0, 0.05) is 38.9 Å². The maximum Gasteiger partial charge on any atom is 0.317 e. The molecule has 2 fully saturated rings. The van der Waals surface area contributed by atoms with Crippen molar-refractivity contribution in [1.82, 2.24) is 15.2 Å². The molecule has 7 nitrogen and oxygen atoms in total. The number of piperidine rings is 1. The molecule has 2 amide bonds. The first-order chi connectivity index (χ1) is 11.6. The van der Waals surface area contributed by atoms with Gasteiger partial charge in [-0.3, -0.25) is 4.79 Å². The van der Waals surface area contributed by atoms with Crippen LogP contribution in [0, 0.1) is 5.92 Å². The van der Waals surface area contributed by atoms with Gasteiger partial charge in [0.25, 0.3) is 0 Å². The minimum absolute atomic E-state index is 0.204. The van der Waals surface area contributed by atoms with Gasteiger partial charge in [-0.15, -0.1) is 0 Å². The minimum atomic E-state index is -0.825. The third-order valence-electron chi connectivity index (χ3n) is 4.74. The van der Waals surface area contributed by atoms with Crippen LogP contribution in [0.4, 0.5) is 10.6 Å². The van der Waals surface area contributed by atoms with Gasteiger partial charge < -0.3 is 20.2 Å². The maximum absolute atomic E-state index is 12.2. The van der Waals surface area contributed by atoms with E-state index in [1.165, 1.54) is 12.8 Å². The van der Waals surface area contributed by atoms with E-state index in [0.29, 0.717) is 19.5 Å². The van der Waals surface area contributed by atoms with Crippen molar-refractivity contribution in [3.63, 3.8) is 0 Å². The molecule has 2 aliphatic heterocycles. The highest BCUT2D eigenvalue weighted by Crippen LogP contribution is 2.18. The van der Waals surface area contributed by atoms with Gasteiger partial charge in [0.15, 0.2) is 0 Å². The Morgan fingerprint density at radius 2 is 2.00 bits per heavy atom. The molecular formula is C17H24N4O3. The lowest BCUT2D eigenvalue weighted by molar-refractivity contribution is -0.143. The van der Waals surface area contributed by atoms with Crippen LogP contribution in [0.1, 0.15) is 31.2 Å². The molecule has 1 aromatic heterocycles. The molecular weight excluding hydrogens is 308 g/mol. The molecule has 0 aliphatic carbocycles. The largest absolute Gasteiger partial charge is 0.481 e. The van der Waals surface area contributed by atoms with Gasteiger partial charge in [-0.1, -0.05) is 6.07 Å². The Balaban J connectivity index is 1.49. The Morgan fingerprint density at radius 3 is 2.67 bits per heavy atom. The molecule has 0 bridgehead atoms. The number of nitrogens with zero attached hydrogens (tertiary/aromatic N) is 3. The predicted octanol–water partition coefficient (Wildman–Crippen LogP) is 1.69. The predicted molar refractivity (Wildman–Crippen MR) is 89.9 cm³/mol. The topological polar surface area (TPSA) is 85.8 Å². The number of amides is 2. The number of aromatic nitrogens is 1. The lowest BCUT2D eigenvalue weighted by Crippen LogP contribution is -2.46. The van der Waals surface area contributed by atoms with Crippen molar-refractivity contribution in [3.8, 4) is 0 Å². The van der Waals surface area contributed by atoms with Gasteiger partial charge in [-0.05, 0) is 37.3 Å². The highest BCUT2D eigenvalue weighted by Gasteiger charge is 2.27. The van der Waals surface area contributed by atoms with Crippen molar-refractivity contribution in [2.24, 2.45) is 5.92 Å². The summed E-state index contributed by atoms with van der Waals surface area (Å²) in [5.41, 5.74) is 0.943. The van der Waals surface area contributed by atoms with Crippen molar-refractivity contribution in [3.05, 3.63) is 23.9 Å². The van der Waals surface area contributed by atoms with Crippen LogP contribution in [0.5, 0.6) is 0 Å². The zero-order valence-corrected chi connectivity index (χ0v) is 13.8. The summed E-state index contributed by atoms with van der Waals surface area (Å²) in [6.45, 7) is 3.42. The molecule has 24 heavy (non-hydrogen) atoms. The number of carbonyl (C=O) groups is 2. The van der Waals surface area contributed by atoms with Crippen molar-refractivity contribution in [1.29, 1.82) is 0 Å². The first-order valence-corrected chi connectivity index (χ1v) is 8.59. The number of hydrogen-bond donors (Lipinski definition) is 2. The molecule has 3 rings (SSSR count). The highest BCUT2D eigenvalue weighted by atomic mass is 16.4. The average Bonchev–Trinajstić information content (AvgIpc) is 3.15. The first-order valence-electron chi connectivity index (χ1n) is 8.59. The van der Waals surface area contributed by atoms with E-state index in [1.807, 2.05) is 12.1 Å². The monoisotopic (exact) mass is 332 g/mol. The van der Waals surface area contributed by atoms with Crippen LogP contribution in [0.2, 0.25) is 0 Å². The number of pyridine rings is 1. The minimum Gasteiger partial charge on any atom is -0.481 e. The molecule has 130 valence electrons. The molecule has 0 aromatic carbocycles. The van der Waals surface area contributed by atoms with E-state index in [-0.39, 0.29) is 12.6 Å². The summed E-state index contributed by atoms with van der Waals surface area (Å²) in [4.78, 5) is 31.6. The molecule has 2 N–H and O–H groups in total. The van der Waals surface area contributed by atoms with Gasteiger partial charge in [0.2, 0.25) is 0 Å². The van der Waals surface area contributed by atoms with Crippen molar-refractivity contribution >= 4 is 17.8 Å². The summed E-state index contributed by atoms with van der Waals surface area (Å²) in [5.74, 6) is -0.289. The maximum atomic E-state index is 12.2. The molecule has 3 heterocycles. The fourth-order valence-electron chi connectivity index (χ4n) is 3.31. The number of carboxylic acids is 1. The second-order valence-corrected chi connectivity index (χ2v) is 6.50. The number of urea groups is 1. The molecule has 2 aliphatic rings. The lowest BCUT2D eigenvalue weighted by Gasteiger charge is -2.30. The summed E-state index contributed by atoms with van der Waals surface area (Å²) in [7, 11) is 0. The van der Waals surface area contributed by atoms with Crippen LogP contribution in [-0.2, 0) is 11.3 Å². The van der Waals surface area contributed by atoms with E-state index < -0.39 is 11.9 Å². The Morgan fingerprint density at radius 1 is 1.21 bits per heavy atom. The van der Waals surface area contributed by atoms with Crippen LogP contribution in [-0.4, -0.2) is 53.2 Å². The Hall–Kier alpha value is -2.31. The quantitative estimate of drug-likeness (QED) is 0.876. The van der Waals surface area contributed by atoms with E-state index in [0.717, 1.165) is 30.9 Å². The number of carboxylic acid groups (broad SMARTS) is 1. The molecule has 1 atom stereocenters. The van der Waals surface area contributed by atoms with Crippen LogP contribution in [0.3, 0.4) is 0 Å². The summed E-state index contributed by atoms with van der Waals surface area (Å²) in [6, 6.07) is 3.77. The smallest absolute Gasteiger partial charge is 0.317 e. The fraction of sp³-hybridized carbons (Fsp3) is 0.588. The van der Waals surface area contributed by atoms with Crippen LogP contribution < -0.4 is 10.2 Å².